The van der Waals surface area contributed by atoms with E-state index < -0.39 is 29.4 Å². The predicted molar refractivity (Wildman–Crippen MR) is 166 cm³/mol. The molecule has 0 radical (unpaired) electrons. The predicted octanol–water partition coefficient (Wildman–Crippen LogP) is 5.80. The molecule has 0 spiro atoms. The van der Waals surface area contributed by atoms with Crippen LogP contribution in [0.15, 0.2) is 66.9 Å². The molecule has 2 heterocycles. The van der Waals surface area contributed by atoms with Gasteiger partial charge in [-0.25, -0.2) is 23.1 Å². The van der Waals surface area contributed by atoms with Gasteiger partial charge in [0.05, 0.1) is 17.8 Å². The third kappa shape index (κ3) is 6.05. The van der Waals surface area contributed by atoms with Crippen molar-refractivity contribution >= 4 is 35.0 Å². The number of rotatable bonds is 9. The minimum Gasteiger partial charge on any atom is -0.478 e. The van der Waals surface area contributed by atoms with Crippen LogP contribution in [-0.4, -0.2) is 37.5 Å². The Kier molecular flexibility index (Phi) is 8.50. The zero-order valence-electron chi connectivity index (χ0n) is 24.6. The molecule has 1 aliphatic carbocycles. The number of carbonyl (C=O) groups excluding carboxylic acids is 2. The maximum Gasteiger partial charge on any atom is 0.335 e. The van der Waals surface area contributed by atoms with Gasteiger partial charge in [0.1, 0.15) is 11.4 Å². The summed E-state index contributed by atoms with van der Waals surface area (Å²) in [6, 6.07) is 15.0. The summed E-state index contributed by atoms with van der Waals surface area (Å²) in [5.74, 6) is -4.16. The van der Waals surface area contributed by atoms with Gasteiger partial charge in [-0.15, -0.1) is 0 Å². The van der Waals surface area contributed by atoms with Crippen LogP contribution in [0.1, 0.15) is 77.2 Å². The first-order valence-corrected chi connectivity index (χ1v) is 15.0. The first kappa shape index (κ1) is 30.8. The molecule has 0 fully saturated rings. The van der Waals surface area contributed by atoms with Crippen molar-refractivity contribution in [3.63, 3.8) is 0 Å². The van der Waals surface area contributed by atoms with Crippen LogP contribution in [0.4, 0.5) is 8.78 Å². The normalized spacial score (nSPS) is 13.9. The Balaban J connectivity index is 1.31. The van der Waals surface area contributed by atoms with Crippen LogP contribution in [0.2, 0.25) is 5.02 Å². The molecule has 5 aromatic rings. The minimum absolute atomic E-state index is 0.0616. The maximum atomic E-state index is 13.8. The van der Waals surface area contributed by atoms with Crippen LogP contribution in [0, 0.1) is 18.6 Å². The van der Waals surface area contributed by atoms with Crippen LogP contribution >= 0.6 is 11.6 Å². The molecule has 2 amide bonds. The van der Waals surface area contributed by atoms with Crippen molar-refractivity contribution in [2.45, 2.75) is 45.2 Å². The van der Waals surface area contributed by atoms with Gasteiger partial charge in [0.2, 0.25) is 0 Å². The fraction of sp³-hybridized carbons (Fsp3) is 0.206. The molecule has 1 aliphatic rings. The molecular weight excluding hydrogens is 616 g/mol. The van der Waals surface area contributed by atoms with Crippen molar-refractivity contribution in [3.8, 4) is 0 Å². The van der Waals surface area contributed by atoms with Gasteiger partial charge in [-0.05, 0) is 84.7 Å². The number of hydrogen-bond acceptors (Lipinski definition) is 5. The number of halogens is 3. The second kappa shape index (κ2) is 12.7. The van der Waals surface area contributed by atoms with Gasteiger partial charge >= 0.3 is 5.97 Å². The molecule has 46 heavy (non-hydrogen) atoms. The van der Waals surface area contributed by atoms with Crippen LogP contribution in [0.5, 0.6) is 0 Å². The molecule has 3 N–H and O–H groups in total. The van der Waals surface area contributed by atoms with Gasteiger partial charge in [-0.3, -0.25) is 9.59 Å². The summed E-state index contributed by atoms with van der Waals surface area (Å²) in [4.78, 5) is 43.3. The zero-order valence-corrected chi connectivity index (χ0v) is 25.4. The first-order chi connectivity index (χ1) is 22.1. The number of fused-ring (bicyclic) bond motifs is 2. The van der Waals surface area contributed by atoms with E-state index in [0.717, 1.165) is 28.8 Å². The Morgan fingerprint density at radius 3 is 2.54 bits per heavy atom. The van der Waals surface area contributed by atoms with E-state index >= 15 is 0 Å². The number of benzene rings is 3. The molecular formula is C34H28ClF2N5O4. The lowest BCUT2D eigenvalue weighted by Crippen LogP contribution is -2.30. The third-order valence-electron chi connectivity index (χ3n) is 8.30. The fourth-order valence-electron chi connectivity index (χ4n) is 5.85. The standard InChI is InChI=1S/C34H28ClF2N5O4/c1-18-22-11-13-28(24(22)10-9-23(18)34(45)46)41-33(44)30-15-29(32(43)38-16-19-6-12-26(36)27(37)14-19)40-31-21(17-39-42(30)31)8-7-20-4-2-3-5-25(20)35/h2-6,9-10,12,14-15,17,28H,7-8,11,13,16H2,1H3,(H,38,43)(H,41,44)(H,45,46)/t28-/m0/s1. The molecule has 0 saturated heterocycles. The van der Waals surface area contributed by atoms with Crippen molar-refractivity contribution in [1.29, 1.82) is 0 Å². The summed E-state index contributed by atoms with van der Waals surface area (Å²) < 4.78 is 28.5. The maximum absolute atomic E-state index is 13.8. The van der Waals surface area contributed by atoms with Gasteiger partial charge in [-0.1, -0.05) is 41.9 Å². The van der Waals surface area contributed by atoms with Gasteiger partial charge in [-0.2, -0.15) is 5.10 Å². The number of nitrogens with one attached hydrogen (secondary N) is 2. The Labute approximate surface area is 267 Å². The van der Waals surface area contributed by atoms with E-state index in [1.54, 1.807) is 31.3 Å². The largest absolute Gasteiger partial charge is 0.478 e. The van der Waals surface area contributed by atoms with E-state index in [1.807, 2.05) is 18.2 Å². The van der Waals surface area contributed by atoms with Crippen molar-refractivity contribution < 1.29 is 28.3 Å². The summed E-state index contributed by atoms with van der Waals surface area (Å²) in [7, 11) is 0. The number of nitrogens with zero attached hydrogens (tertiary/aromatic N) is 3. The lowest BCUT2D eigenvalue weighted by molar-refractivity contribution is 0.0695. The Morgan fingerprint density at radius 2 is 1.78 bits per heavy atom. The Hall–Kier alpha value is -5.16. The first-order valence-electron chi connectivity index (χ1n) is 14.6. The number of carboxylic acids is 1. The van der Waals surface area contributed by atoms with Crippen LogP contribution in [-0.2, 0) is 25.8 Å². The lowest BCUT2D eigenvalue weighted by Gasteiger charge is -2.16. The lowest BCUT2D eigenvalue weighted by atomic mass is 9.98. The molecule has 1 atom stereocenters. The number of aromatic carboxylic acids is 1. The molecule has 6 rings (SSSR count). The minimum atomic E-state index is -1.03. The molecule has 2 aromatic heterocycles. The molecule has 234 valence electrons. The Bertz CT molecular complexity index is 2030. The molecule has 0 saturated carbocycles. The third-order valence-corrected chi connectivity index (χ3v) is 8.67. The van der Waals surface area contributed by atoms with E-state index in [2.05, 4.69) is 20.7 Å². The van der Waals surface area contributed by atoms with Crippen LogP contribution < -0.4 is 10.6 Å². The van der Waals surface area contributed by atoms with Crippen molar-refractivity contribution in [1.82, 2.24) is 25.2 Å². The van der Waals surface area contributed by atoms with Gasteiger partial charge in [0.15, 0.2) is 17.3 Å². The highest BCUT2D eigenvalue weighted by Crippen LogP contribution is 2.35. The van der Waals surface area contributed by atoms with Crippen molar-refractivity contribution in [2.24, 2.45) is 0 Å². The molecule has 3 aromatic carbocycles. The van der Waals surface area contributed by atoms with E-state index in [-0.39, 0.29) is 29.5 Å². The van der Waals surface area contributed by atoms with Crippen molar-refractivity contribution in [2.75, 3.05) is 0 Å². The molecule has 0 unspecified atom stereocenters. The fourth-order valence-corrected chi connectivity index (χ4v) is 6.08. The van der Waals surface area contributed by atoms with E-state index in [4.69, 9.17) is 11.6 Å². The van der Waals surface area contributed by atoms with Gasteiger partial charge in [0, 0.05) is 23.2 Å². The summed E-state index contributed by atoms with van der Waals surface area (Å²) in [5, 5.41) is 20.3. The molecule has 0 bridgehead atoms. The number of carboxylic acid groups (broad SMARTS) is 1. The second-order valence-electron chi connectivity index (χ2n) is 11.1. The smallest absolute Gasteiger partial charge is 0.335 e. The van der Waals surface area contributed by atoms with Crippen LogP contribution in [0.3, 0.4) is 0 Å². The van der Waals surface area contributed by atoms with Crippen LogP contribution in [0.25, 0.3) is 5.65 Å². The number of aromatic nitrogens is 3. The molecule has 0 aliphatic heterocycles. The van der Waals surface area contributed by atoms with E-state index in [0.29, 0.717) is 53.0 Å². The SMILES string of the molecule is Cc1c(C(=O)O)ccc2c1CC[C@@H]2NC(=O)c1cc(C(=O)NCc2ccc(F)c(F)c2)nc2c(CCc3ccccc3Cl)cnn12. The van der Waals surface area contributed by atoms with Crippen molar-refractivity contribution in [3.05, 3.63) is 134 Å². The summed E-state index contributed by atoms with van der Waals surface area (Å²) >= 11 is 6.35. The average molecular weight is 644 g/mol. The average Bonchev–Trinajstić information content (AvgIpc) is 3.65. The quantitative estimate of drug-likeness (QED) is 0.186. The topological polar surface area (TPSA) is 126 Å². The van der Waals surface area contributed by atoms with E-state index in [1.165, 1.54) is 16.6 Å². The molecule has 9 nitrogen and oxygen atoms in total. The number of amides is 2. The summed E-state index contributed by atoms with van der Waals surface area (Å²) in [6.07, 6.45) is 3.81. The number of aryl methyl sites for hydroxylation is 2. The van der Waals surface area contributed by atoms with Gasteiger partial charge in [0.25, 0.3) is 11.8 Å². The highest BCUT2D eigenvalue weighted by Gasteiger charge is 2.29. The number of carbonyl (C=O) groups is 3. The monoisotopic (exact) mass is 643 g/mol. The van der Waals surface area contributed by atoms with Gasteiger partial charge < -0.3 is 15.7 Å². The zero-order chi connectivity index (χ0) is 32.5. The highest BCUT2D eigenvalue weighted by molar-refractivity contribution is 6.31. The second-order valence-corrected chi connectivity index (χ2v) is 11.5. The summed E-state index contributed by atoms with van der Waals surface area (Å²) in [6.45, 7) is 1.66. The Morgan fingerprint density at radius 1 is 1.00 bits per heavy atom. The summed E-state index contributed by atoms with van der Waals surface area (Å²) in [5.41, 5.74) is 4.89. The highest BCUT2D eigenvalue weighted by atomic mass is 35.5. The molecule has 12 heteroatoms. The van der Waals surface area contributed by atoms with E-state index in [9.17, 15) is 28.3 Å². The number of hydrogen-bond donors (Lipinski definition) is 3.